The lowest BCUT2D eigenvalue weighted by Crippen LogP contribution is -2.70. The van der Waals surface area contributed by atoms with Crippen LogP contribution in [0.5, 0.6) is 0 Å². The molecule has 1 aliphatic carbocycles. The molecule has 2 aliphatic rings. The molecule has 3 heterocycles. The Morgan fingerprint density at radius 1 is 1.22 bits per heavy atom. The largest absolute Gasteiger partial charge is 0.423 e. The van der Waals surface area contributed by atoms with Gasteiger partial charge in [0.25, 0.3) is 5.56 Å². The van der Waals surface area contributed by atoms with Crippen LogP contribution in [0.3, 0.4) is 0 Å². The molecule has 14 heteroatoms. The summed E-state index contributed by atoms with van der Waals surface area (Å²) in [6, 6.07) is -0.0921. The van der Waals surface area contributed by atoms with Crippen LogP contribution in [-0.4, -0.2) is 37.1 Å². The number of carbonyl (C=O) groups is 1. The molecule has 1 aromatic carbocycles. The molecule has 9 nitrogen and oxygen atoms in total. The lowest BCUT2D eigenvalue weighted by molar-refractivity contribution is -0.137. The highest BCUT2D eigenvalue weighted by molar-refractivity contribution is 5.92. The average molecular weight is 510 g/mol. The number of alkyl halides is 3. The molecule has 3 atom stereocenters. The summed E-state index contributed by atoms with van der Waals surface area (Å²) in [5.41, 5.74) is -4.99. The maximum absolute atomic E-state index is 14.8. The molecule has 3 aromatic rings. The van der Waals surface area contributed by atoms with Gasteiger partial charge in [0.1, 0.15) is 17.2 Å². The third kappa shape index (κ3) is 3.80. The molecule has 2 aromatic heterocycles. The van der Waals surface area contributed by atoms with Gasteiger partial charge in [-0.05, 0) is 30.9 Å². The number of rotatable bonds is 3. The number of aryl methyl sites for hydroxylation is 1. The van der Waals surface area contributed by atoms with Crippen LogP contribution in [0.2, 0.25) is 0 Å². The zero-order chi connectivity index (χ0) is 26.0. The van der Waals surface area contributed by atoms with Crippen LogP contribution in [0.4, 0.5) is 32.4 Å². The topological polar surface area (TPSA) is 117 Å². The van der Waals surface area contributed by atoms with Crippen LogP contribution in [0.1, 0.15) is 43.5 Å². The Morgan fingerprint density at radius 2 is 1.97 bits per heavy atom. The molecule has 0 unspecified atom stereocenters. The van der Waals surface area contributed by atoms with E-state index in [0.29, 0.717) is 37.4 Å². The number of carbonyl (C=O) groups excluding carboxylic acids is 1. The Bertz CT molecular complexity index is 1420. The molecule has 5 rings (SSSR count). The molecule has 36 heavy (non-hydrogen) atoms. The number of likely N-dealkylation sites (tertiary alicyclic amines) is 1. The summed E-state index contributed by atoms with van der Waals surface area (Å²) < 4.78 is 74.7. The highest BCUT2D eigenvalue weighted by Gasteiger charge is 2.62. The standard InChI is InChI=1S/C22H19F5N6O3/c1-9-3-11-7-21(6-9,19-32-31-10(2)36-19)33(11)20(35)29-16-4-12(13(5-14(16)23)22(25,26)27)17-28-8-15(24)18(34)30-17/h4-5,8-9,11H,3,6-7H2,1-2H3,(H,29,35)(H,28,30,34)/t9-,11+,21-/m1/s1. The van der Waals surface area contributed by atoms with Gasteiger partial charge in [0.05, 0.1) is 17.4 Å². The second-order valence-electron chi connectivity index (χ2n) is 9.15. The number of aromatic nitrogens is 4. The van der Waals surface area contributed by atoms with Gasteiger partial charge in [0, 0.05) is 24.9 Å². The Balaban J connectivity index is 1.53. The lowest BCUT2D eigenvalue weighted by Gasteiger charge is -2.61. The van der Waals surface area contributed by atoms with Crippen molar-refractivity contribution in [2.75, 3.05) is 5.32 Å². The van der Waals surface area contributed by atoms with Crippen LogP contribution in [0, 0.1) is 24.5 Å². The molecule has 2 amide bonds. The second-order valence-corrected chi connectivity index (χ2v) is 9.15. The van der Waals surface area contributed by atoms with Crippen molar-refractivity contribution >= 4 is 11.7 Å². The number of hydrogen-bond donors (Lipinski definition) is 2. The Kier molecular flexibility index (Phi) is 5.37. The van der Waals surface area contributed by atoms with Gasteiger partial charge in [0.2, 0.25) is 17.6 Å². The van der Waals surface area contributed by atoms with Crippen molar-refractivity contribution in [3.8, 4) is 11.4 Å². The number of urea groups is 1. The Morgan fingerprint density at radius 3 is 2.61 bits per heavy atom. The number of amides is 2. The van der Waals surface area contributed by atoms with Gasteiger partial charge in [-0.2, -0.15) is 17.6 Å². The van der Waals surface area contributed by atoms with E-state index in [9.17, 15) is 31.5 Å². The first kappa shape index (κ1) is 23.9. The minimum Gasteiger partial charge on any atom is -0.423 e. The molecule has 1 saturated heterocycles. The highest BCUT2D eigenvalue weighted by Crippen LogP contribution is 2.55. The normalized spacial score (nSPS) is 23.4. The molecule has 1 saturated carbocycles. The maximum atomic E-state index is 14.8. The van der Waals surface area contributed by atoms with E-state index < -0.39 is 57.6 Å². The van der Waals surface area contributed by atoms with E-state index in [2.05, 4.69) is 20.5 Å². The third-order valence-electron chi connectivity index (χ3n) is 6.57. The molecule has 0 spiro atoms. The summed E-state index contributed by atoms with van der Waals surface area (Å²) in [4.78, 5) is 31.8. The first-order valence-electron chi connectivity index (χ1n) is 11.0. The minimum atomic E-state index is -5.03. The number of aromatic amines is 1. The van der Waals surface area contributed by atoms with Gasteiger partial charge in [-0.25, -0.2) is 14.2 Å². The molecular formula is C22H19F5N6O3. The SMILES string of the molecule is Cc1nnc([C@@]23C[C@H](C)C[C@@H](C2)N3C(=O)Nc2cc(-c3ncc(F)c(=O)[nH]3)c(C(F)(F)F)cc2F)o1. The fourth-order valence-electron chi connectivity index (χ4n) is 5.22. The van der Waals surface area contributed by atoms with E-state index in [1.54, 1.807) is 6.92 Å². The average Bonchev–Trinajstić information content (AvgIpc) is 3.22. The number of halogens is 5. The van der Waals surface area contributed by atoms with Gasteiger partial charge >= 0.3 is 12.2 Å². The number of nitrogens with zero attached hydrogens (tertiary/aromatic N) is 4. The van der Waals surface area contributed by atoms with Crippen molar-refractivity contribution in [3.63, 3.8) is 0 Å². The summed E-state index contributed by atoms with van der Waals surface area (Å²) in [5.74, 6) is -2.53. The summed E-state index contributed by atoms with van der Waals surface area (Å²) in [5, 5.41) is 10.2. The van der Waals surface area contributed by atoms with E-state index in [1.165, 1.54) is 4.90 Å². The Labute approximate surface area is 199 Å². The van der Waals surface area contributed by atoms with E-state index >= 15 is 0 Å². The summed E-state index contributed by atoms with van der Waals surface area (Å²) in [6.45, 7) is 3.62. The first-order valence-corrected chi connectivity index (χ1v) is 11.0. The monoisotopic (exact) mass is 510 g/mol. The number of piperidine rings is 1. The quantitative estimate of drug-likeness (QED) is 0.506. The molecule has 190 valence electrons. The van der Waals surface area contributed by atoms with Crippen molar-refractivity contribution in [1.82, 2.24) is 25.1 Å². The number of fused-ring (bicyclic) bond motifs is 2. The van der Waals surface area contributed by atoms with E-state index in [-0.39, 0.29) is 23.9 Å². The van der Waals surface area contributed by atoms with Crippen molar-refractivity contribution in [3.05, 3.63) is 57.7 Å². The number of benzene rings is 1. The predicted molar refractivity (Wildman–Crippen MR) is 114 cm³/mol. The highest BCUT2D eigenvalue weighted by atomic mass is 19.4. The number of hydrogen-bond acceptors (Lipinski definition) is 6. The number of H-pyrrole nitrogens is 1. The summed E-state index contributed by atoms with van der Waals surface area (Å²) >= 11 is 0. The van der Waals surface area contributed by atoms with Crippen LogP contribution in [-0.2, 0) is 11.7 Å². The van der Waals surface area contributed by atoms with Gasteiger partial charge in [0.15, 0.2) is 0 Å². The van der Waals surface area contributed by atoms with Gasteiger partial charge in [-0.15, -0.1) is 10.2 Å². The van der Waals surface area contributed by atoms with E-state index in [4.69, 9.17) is 4.42 Å². The van der Waals surface area contributed by atoms with Gasteiger partial charge < -0.3 is 19.6 Å². The summed E-state index contributed by atoms with van der Waals surface area (Å²) in [7, 11) is 0. The molecule has 2 N–H and O–H groups in total. The molecule has 2 bridgehead atoms. The van der Waals surface area contributed by atoms with Gasteiger partial charge in [-0.3, -0.25) is 4.79 Å². The second kappa shape index (κ2) is 8.10. The fraction of sp³-hybridized carbons (Fsp3) is 0.409. The smallest absolute Gasteiger partial charge is 0.417 e. The van der Waals surface area contributed by atoms with Crippen molar-refractivity contribution < 1.29 is 31.2 Å². The van der Waals surface area contributed by atoms with Gasteiger partial charge in [-0.1, -0.05) is 6.92 Å². The van der Waals surface area contributed by atoms with Crippen molar-refractivity contribution in [1.29, 1.82) is 0 Å². The molecule has 2 fully saturated rings. The molecular weight excluding hydrogens is 491 g/mol. The zero-order valence-corrected chi connectivity index (χ0v) is 18.9. The lowest BCUT2D eigenvalue weighted by atomic mass is 9.64. The van der Waals surface area contributed by atoms with Crippen LogP contribution in [0.25, 0.3) is 11.4 Å². The molecule has 1 aliphatic heterocycles. The van der Waals surface area contributed by atoms with Crippen LogP contribution < -0.4 is 10.9 Å². The maximum Gasteiger partial charge on any atom is 0.417 e. The van der Waals surface area contributed by atoms with E-state index in [1.807, 2.05) is 11.9 Å². The summed E-state index contributed by atoms with van der Waals surface area (Å²) in [6.07, 6.45) is -2.84. The predicted octanol–water partition coefficient (Wildman–Crippen LogP) is 4.36. The number of nitrogens with one attached hydrogen (secondary N) is 2. The fourth-order valence-corrected chi connectivity index (χ4v) is 5.22. The van der Waals surface area contributed by atoms with Crippen molar-refractivity contribution in [2.24, 2.45) is 5.92 Å². The Hall–Kier alpha value is -3.84. The zero-order valence-electron chi connectivity index (χ0n) is 18.9. The minimum absolute atomic E-state index is 0.185. The van der Waals surface area contributed by atoms with Crippen molar-refractivity contribution in [2.45, 2.75) is 50.9 Å². The third-order valence-corrected chi connectivity index (χ3v) is 6.57. The number of anilines is 1. The van der Waals surface area contributed by atoms with Crippen LogP contribution in [0.15, 0.2) is 27.5 Å². The van der Waals surface area contributed by atoms with Crippen LogP contribution >= 0.6 is 0 Å². The van der Waals surface area contributed by atoms with E-state index in [0.717, 1.165) is 0 Å². The first-order chi connectivity index (χ1) is 16.9. The molecule has 0 radical (unpaired) electrons.